The largest absolute Gasteiger partial charge is 0.393 e. The quantitative estimate of drug-likeness (QED) is 0.499. The Morgan fingerprint density at radius 1 is 1.47 bits per heavy atom. The molecule has 1 saturated carbocycles. The second kappa shape index (κ2) is 4.98. The minimum Gasteiger partial charge on any atom is -0.393 e. The van der Waals surface area contributed by atoms with Gasteiger partial charge in [-0.25, -0.2) is 4.98 Å². The van der Waals surface area contributed by atoms with Gasteiger partial charge in [-0.15, -0.1) is 0 Å². The molecule has 1 aliphatic rings. The van der Waals surface area contributed by atoms with Gasteiger partial charge in [0.05, 0.1) is 12.0 Å². The van der Waals surface area contributed by atoms with E-state index in [1.54, 1.807) is 18.3 Å². The number of aliphatic hydroxyl groups is 1. The van der Waals surface area contributed by atoms with E-state index in [-0.39, 0.29) is 10.8 Å². The highest BCUT2D eigenvalue weighted by Gasteiger charge is 2.38. The topological polar surface area (TPSA) is 76.3 Å². The number of pyridine rings is 1. The summed E-state index contributed by atoms with van der Waals surface area (Å²) < 4.78 is 0. The highest BCUT2D eigenvalue weighted by Crippen LogP contribution is 2.34. The van der Waals surface area contributed by atoms with Crippen molar-refractivity contribution in [2.75, 3.05) is 0 Å². The second-order valence-electron chi connectivity index (χ2n) is 4.34. The monoisotopic (exact) mass is 256 g/mol. The van der Waals surface area contributed by atoms with E-state index < -0.39 is 12.1 Å². The van der Waals surface area contributed by atoms with E-state index in [1.165, 1.54) is 0 Å². The van der Waals surface area contributed by atoms with E-state index in [2.05, 4.69) is 4.98 Å². The van der Waals surface area contributed by atoms with Crippen LogP contribution in [0, 0.1) is 10.1 Å². The van der Waals surface area contributed by atoms with Gasteiger partial charge >= 0.3 is 0 Å². The predicted octanol–water partition coefficient (Wildman–Crippen LogP) is 2.01. The van der Waals surface area contributed by atoms with Gasteiger partial charge in [0, 0.05) is 17.5 Å². The number of nitro groups is 1. The maximum absolute atomic E-state index is 11.0. The predicted molar refractivity (Wildman–Crippen MR) is 62.6 cm³/mol. The number of hydrogen-bond acceptors (Lipinski definition) is 4. The summed E-state index contributed by atoms with van der Waals surface area (Å²) in [6.45, 7) is 0. The first kappa shape index (κ1) is 12.3. The van der Waals surface area contributed by atoms with E-state index in [0.29, 0.717) is 24.4 Å². The molecular formula is C11H13ClN2O3. The molecule has 0 spiro atoms. The molecule has 1 aliphatic carbocycles. The maximum atomic E-state index is 11.0. The Morgan fingerprint density at radius 2 is 2.24 bits per heavy atom. The van der Waals surface area contributed by atoms with Gasteiger partial charge in [-0.2, -0.15) is 0 Å². The lowest BCUT2D eigenvalue weighted by molar-refractivity contribution is -0.531. The summed E-state index contributed by atoms with van der Waals surface area (Å²) in [6, 6.07) is 2.73. The fraction of sp³-hybridized carbons (Fsp3) is 0.545. The molecule has 0 saturated heterocycles. The molecule has 1 heterocycles. The van der Waals surface area contributed by atoms with E-state index in [1.807, 2.05) is 0 Å². The van der Waals surface area contributed by atoms with Gasteiger partial charge in [-0.3, -0.25) is 10.1 Å². The zero-order valence-corrected chi connectivity index (χ0v) is 9.88. The molecule has 0 radical (unpaired) electrons. The van der Waals surface area contributed by atoms with Crippen LogP contribution in [-0.4, -0.2) is 27.2 Å². The van der Waals surface area contributed by atoms with Crippen molar-refractivity contribution in [2.24, 2.45) is 0 Å². The average Bonchev–Trinajstić information content (AvgIpc) is 2.29. The van der Waals surface area contributed by atoms with E-state index in [4.69, 9.17) is 11.6 Å². The Labute approximate surface area is 104 Å². The number of rotatable bonds is 2. The van der Waals surface area contributed by atoms with Gasteiger partial charge in [0.15, 0.2) is 0 Å². The third kappa shape index (κ3) is 2.73. The molecule has 5 nitrogen and oxygen atoms in total. The van der Waals surface area contributed by atoms with Gasteiger partial charge in [0.2, 0.25) is 6.04 Å². The van der Waals surface area contributed by atoms with E-state index in [9.17, 15) is 15.2 Å². The lowest BCUT2D eigenvalue weighted by Crippen LogP contribution is -2.35. The summed E-state index contributed by atoms with van der Waals surface area (Å²) >= 11 is 5.68. The Bertz CT molecular complexity index is 410. The van der Waals surface area contributed by atoms with Gasteiger partial charge in [0.25, 0.3) is 0 Å². The average molecular weight is 257 g/mol. The van der Waals surface area contributed by atoms with Crippen molar-refractivity contribution >= 4 is 11.6 Å². The van der Waals surface area contributed by atoms with Crippen LogP contribution in [0.4, 0.5) is 0 Å². The molecular weight excluding hydrogens is 244 g/mol. The Hall–Kier alpha value is -1.20. The molecule has 0 amide bonds. The third-order valence-corrected chi connectivity index (χ3v) is 3.46. The van der Waals surface area contributed by atoms with E-state index >= 15 is 0 Å². The van der Waals surface area contributed by atoms with Crippen molar-refractivity contribution in [3.63, 3.8) is 0 Å². The zero-order valence-electron chi connectivity index (χ0n) is 9.12. The molecule has 1 N–H and O–H groups in total. The smallest absolute Gasteiger partial charge is 0.220 e. The van der Waals surface area contributed by atoms with Crippen LogP contribution in [0.3, 0.4) is 0 Å². The van der Waals surface area contributed by atoms with Gasteiger partial charge in [-0.05, 0) is 24.5 Å². The SMILES string of the molecule is O=[N+]([O-])C1CCC(O)CC1c1ccc(Cl)nc1. The van der Waals surface area contributed by atoms with Crippen molar-refractivity contribution in [1.82, 2.24) is 4.98 Å². The van der Waals surface area contributed by atoms with Crippen LogP contribution in [0.5, 0.6) is 0 Å². The van der Waals surface area contributed by atoms with Gasteiger partial charge < -0.3 is 5.11 Å². The number of halogens is 1. The van der Waals surface area contributed by atoms with Crippen LogP contribution >= 0.6 is 11.6 Å². The van der Waals surface area contributed by atoms with Crippen LogP contribution in [0.15, 0.2) is 18.3 Å². The lowest BCUT2D eigenvalue weighted by atomic mass is 9.79. The molecule has 3 atom stereocenters. The summed E-state index contributed by atoms with van der Waals surface area (Å²) in [5.41, 5.74) is 0.773. The summed E-state index contributed by atoms with van der Waals surface area (Å²) in [7, 11) is 0. The Balaban J connectivity index is 2.25. The summed E-state index contributed by atoms with van der Waals surface area (Å²) in [6.07, 6.45) is 2.40. The fourth-order valence-corrected chi connectivity index (χ4v) is 2.46. The van der Waals surface area contributed by atoms with Gasteiger partial charge in [-0.1, -0.05) is 17.7 Å². The molecule has 1 fully saturated rings. The number of aromatic nitrogens is 1. The first-order chi connectivity index (χ1) is 8.08. The van der Waals surface area contributed by atoms with Crippen LogP contribution in [0.1, 0.15) is 30.7 Å². The fourth-order valence-electron chi connectivity index (χ4n) is 2.35. The summed E-state index contributed by atoms with van der Waals surface area (Å²) in [5.74, 6) is -0.279. The first-order valence-corrected chi connectivity index (χ1v) is 5.88. The molecule has 3 unspecified atom stereocenters. The van der Waals surface area contributed by atoms with Crippen LogP contribution in [-0.2, 0) is 0 Å². The number of nitrogens with zero attached hydrogens (tertiary/aromatic N) is 2. The van der Waals surface area contributed by atoms with Crippen molar-refractivity contribution in [1.29, 1.82) is 0 Å². The normalized spacial score (nSPS) is 28.9. The minimum atomic E-state index is -0.638. The van der Waals surface area contributed by atoms with Crippen LogP contribution in [0.25, 0.3) is 0 Å². The lowest BCUT2D eigenvalue weighted by Gasteiger charge is -2.28. The van der Waals surface area contributed by atoms with Crippen molar-refractivity contribution in [2.45, 2.75) is 37.3 Å². The number of hydrogen-bond donors (Lipinski definition) is 1. The Kier molecular flexibility index (Phi) is 3.59. The minimum absolute atomic E-state index is 0.259. The zero-order chi connectivity index (χ0) is 12.4. The molecule has 0 aromatic carbocycles. The van der Waals surface area contributed by atoms with Crippen molar-refractivity contribution < 1.29 is 10.0 Å². The van der Waals surface area contributed by atoms with E-state index in [0.717, 1.165) is 5.56 Å². The molecule has 17 heavy (non-hydrogen) atoms. The highest BCUT2D eigenvalue weighted by molar-refractivity contribution is 6.29. The Morgan fingerprint density at radius 3 is 2.82 bits per heavy atom. The third-order valence-electron chi connectivity index (χ3n) is 3.24. The van der Waals surface area contributed by atoms with Crippen molar-refractivity contribution in [3.05, 3.63) is 39.2 Å². The molecule has 1 aromatic heterocycles. The molecule has 0 bridgehead atoms. The number of aliphatic hydroxyl groups excluding tert-OH is 1. The maximum Gasteiger partial charge on any atom is 0.220 e. The molecule has 6 heteroatoms. The molecule has 2 rings (SSSR count). The molecule has 92 valence electrons. The molecule has 0 aliphatic heterocycles. The standard InChI is InChI=1S/C11H13ClN2O3/c12-11-4-1-7(6-13-11)9-5-8(15)2-3-10(9)14(16)17/h1,4,6,8-10,15H,2-3,5H2. The second-order valence-corrected chi connectivity index (χ2v) is 4.73. The van der Waals surface area contributed by atoms with Crippen LogP contribution in [0.2, 0.25) is 5.15 Å². The van der Waals surface area contributed by atoms with Gasteiger partial charge in [0.1, 0.15) is 5.15 Å². The summed E-state index contributed by atoms with van der Waals surface area (Å²) in [4.78, 5) is 14.7. The molecule has 1 aromatic rings. The highest BCUT2D eigenvalue weighted by atomic mass is 35.5. The summed E-state index contributed by atoms with van der Waals surface area (Å²) in [5, 5.41) is 21.0. The van der Waals surface area contributed by atoms with Crippen LogP contribution < -0.4 is 0 Å². The first-order valence-electron chi connectivity index (χ1n) is 5.51. The van der Waals surface area contributed by atoms with Crippen molar-refractivity contribution in [3.8, 4) is 0 Å².